The molecule has 4 aromatic rings. The van der Waals surface area contributed by atoms with Gasteiger partial charge >= 0.3 is 0 Å². The summed E-state index contributed by atoms with van der Waals surface area (Å²) in [6, 6.07) is 26.5. The Morgan fingerprint density at radius 1 is 0.951 bits per heavy atom. The van der Waals surface area contributed by atoms with Gasteiger partial charge in [-0.05, 0) is 48.9 Å². The van der Waals surface area contributed by atoms with Crippen molar-refractivity contribution < 1.29 is 19.5 Å². The zero-order valence-electron chi connectivity index (χ0n) is 23.1. The van der Waals surface area contributed by atoms with Crippen molar-refractivity contribution in [1.29, 1.82) is 0 Å². The summed E-state index contributed by atoms with van der Waals surface area (Å²) in [5.74, 6) is -0.193. The van der Waals surface area contributed by atoms with Crippen LogP contribution in [-0.4, -0.2) is 70.6 Å². The Balaban J connectivity index is 1.14. The van der Waals surface area contributed by atoms with E-state index >= 15 is 0 Å². The smallest absolute Gasteiger partial charge is 0.262 e. The number of hydrogen-bond donors (Lipinski definition) is 3. The summed E-state index contributed by atoms with van der Waals surface area (Å²) < 4.78 is 6.01. The lowest BCUT2D eigenvalue weighted by Gasteiger charge is -2.38. The van der Waals surface area contributed by atoms with Gasteiger partial charge in [0.1, 0.15) is 18.4 Å². The predicted octanol–water partition coefficient (Wildman–Crippen LogP) is 3.54. The summed E-state index contributed by atoms with van der Waals surface area (Å²) in [6.07, 6.45) is 0. The second-order valence-electron chi connectivity index (χ2n) is 10.3. The SMILES string of the molecule is Cc1cc(COc2ccc(C(=O)NCC(C(=O)NO)N3CCN(Cc4ccccc4)CC3)cc2)c2ccccc2n1. The van der Waals surface area contributed by atoms with Crippen LogP contribution in [0.2, 0.25) is 0 Å². The van der Waals surface area contributed by atoms with Crippen LogP contribution in [0.15, 0.2) is 84.9 Å². The van der Waals surface area contributed by atoms with Crippen LogP contribution < -0.4 is 15.5 Å². The van der Waals surface area contributed by atoms with E-state index in [1.807, 2.05) is 60.4 Å². The van der Waals surface area contributed by atoms with Gasteiger partial charge in [0.05, 0.1) is 5.52 Å². The first-order chi connectivity index (χ1) is 20.0. The summed E-state index contributed by atoms with van der Waals surface area (Å²) in [7, 11) is 0. The minimum absolute atomic E-state index is 0.0800. The highest BCUT2D eigenvalue weighted by atomic mass is 16.5. The average Bonchev–Trinajstić information content (AvgIpc) is 3.01. The van der Waals surface area contributed by atoms with Crippen molar-refractivity contribution in [3.63, 3.8) is 0 Å². The number of benzene rings is 3. The maximum atomic E-state index is 12.9. The molecular formula is C32H35N5O4. The number of nitrogens with zero attached hydrogens (tertiary/aromatic N) is 3. The molecule has 41 heavy (non-hydrogen) atoms. The molecule has 2 amide bonds. The Morgan fingerprint density at radius 2 is 1.66 bits per heavy atom. The summed E-state index contributed by atoms with van der Waals surface area (Å²) >= 11 is 0. The van der Waals surface area contributed by atoms with Gasteiger partial charge in [0.25, 0.3) is 11.8 Å². The van der Waals surface area contributed by atoms with Crippen LogP contribution >= 0.6 is 0 Å². The lowest BCUT2D eigenvalue weighted by Crippen LogP contribution is -2.57. The van der Waals surface area contributed by atoms with Crippen molar-refractivity contribution in [2.75, 3.05) is 32.7 Å². The fourth-order valence-corrected chi connectivity index (χ4v) is 5.21. The maximum absolute atomic E-state index is 12.9. The van der Waals surface area contributed by atoms with Crippen LogP contribution in [0.3, 0.4) is 0 Å². The lowest BCUT2D eigenvalue weighted by atomic mass is 10.1. The highest BCUT2D eigenvalue weighted by molar-refractivity contribution is 5.94. The first kappa shape index (κ1) is 28.2. The van der Waals surface area contributed by atoms with Crippen molar-refractivity contribution in [1.82, 2.24) is 25.6 Å². The number of amides is 2. The van der Waals surface area contributed by atoms with E-state index in [-0.39, 0.29) is 12.5 Å². The van der Waals surface area contributed by atoms with Crippen LogP contribution in [0, 0.1) is 6.92 Å². The molecule has 2 heterocycles. The van der Waals surface area contributed by atoms with Gasteiger partial charge in [0, 0.05) is 61.5 Å². The number of carbonyl (C=O) groups excluding carboxylic acids is 2. The molecule has 9 nitrogen and oxygen atoms in total. The summed E-state index contributed by atoms with van der Waals surface area (Å²) in [4.78, 5) is 34.3. The van der Waals surface area contributed by atoms with E-state index in [9.17, 15) is 14.8 Å². The van der Waals surface area contributed by atoms with Gasteiger partial charge in [-0.1, -0.05) is 48.5 Å². The number of aromatic nitrogens is 1. The van der Waals surface area contributed by atoms with Crippen LogP contribution in [0.1, 0.15) is 27.2 Å². The molecule has 0 radical (unpaired) electrons. The van der Waals surface area contributed by atoms with Gasteiger partial charge < -0.3 is 10.1 Å². The second kappa shape index (κ2) is 13.4. The molecule has 0 saturated carbocycles. The van der Waals surface area contributed by atoms with Crippen molar-refractivity contribution in [3.05, 3.63) is 107 Å². The van der Waals surface area contributed by atoms with E-state index in [1.54, 1.807) is 29.7 Å². The molecular weight excluding hydrogens is 518 g/mol. The van der Waals surface area contributed by atoms with Gasteiger partial charge in [-0.3, -0.25) is 29.6 Å². The molecule has 1 fully saturated rings. The number of nitrogens with one attached hydrogen (secondary N) is 2. The Hall–Kier alpha value is -4.31. The van der Waals surface area contributed by atoms with Gasteiger partial charge in [-0.15, -0.1) is 0 Å². The van der Waals surface area contributed by atoms with Gasteiger partial charge in [-0.25, -0.2) is 5.48 Å². The molecule has 1 saturated heterocycles. The zero-order chi connectivity index (χ0) is 28.6. The number of ether oxygens (including phenoxy) is 1. The maximum Gasteiger partial charge on any atom is 0.262 e. The van der Waals surface area contributed by atoms with Crippen LogP contribution in [0.4, 0.5) is 0 Å². The third-order valence-electron chi connectivity index (χ3n) is 7.41. The Bertz CT molecular complexity index is 1470. The molecule has 0 aliphatic carbocycles. The highest BCUT2D eigenvalue weighted by Gasteiger charge is 2.29. The Kier molecular flexibility index (Phi) is 9.20. The molecule has 5 rings (SSSR count). The number of aryl methyl sites for hydroxylation is 1. The topological polar surface area (TPSA) is 107 Å². The van der Waals surface area contributed by atoms with Crippen LogP contribution in [0.25, 0.3) is 10.9 Å². The first-order valence-corrected chi connectivity index (χ1v) is 13.8. The van der Waals surface area contributed by atoms with Crippen LogP contribution in [-0.2, 0) is 17.9 Å². The predicted molar refractivity (Wildman–Crippen MR) is 157 cm³/mol. The third kappa shape index (κ3) is 7.26. The van der Waals surface area contributed by atoms with Crippen molar-refractivity contribution in [3.8, 4) is 5.75 Å². The first-order valence-electron chi connectivity index (χ1n) is 13.8. The molecule has 1 atom stereocenters. The average molecular weight is 554 g/mol. The summed E-state index contributed by atoms with van der Waals surface area (Å²) in [5.41, 5.74) is 6.37. The summed E-state index contributed by atoms with van der Waals surface area (Å²) in [6.45, 7) is 6.15. The van der Waals surface area contributed by atoms with Crippen molar-refractivity contribution in [2.24, 2.45) is 0 Å². The fraction of sp³-hybridized carbons (Fsp3) is 0.281. The third-order valence-corrected chi connectivity index (χ3v) is 7.41. The van der Waals surface area contributed by atoms with Crippen molar-refractivity contribution >= 4 is 22.7 Å². The Labute approximate surface area is 239 Å². The van der Waals surface area contributed by atoms with E-state index in [0.29, 0.717) is 31.0 Å². The van der Waals surface area contributed by atoms with Crippen LogP contribution in [0.5, 0.6) is 5.75 Å². The number of carbonyl (C=O) groups is 2. The number of fused-ring (bicyclic) bond motifs is 1. The number of pyridine rings is 1. The van der Waals surface area contributed by atoms with E-state index in [0.717, 1.165) is 41.8 Å². The molecule has 3 N–H and O–H groups in total. The van der Waals surface area contributed by atoms with Gasteiger partial charge in [0.2, 0.25) is 0 Å². The molecule has 0 bridgehead atoms. The largest absolute Gasteiger partial charge is 0.489 e. The molecule has 1 aliphatic heterocycles. The minimum atomic E-state index is -0.677. The number of hydroxylamine groups is 1. The molecule has 9 heteroatoms. The fourth-order valence-electron chi connectivity index (χ4n) is 5.21. The lowest BCUT2D eigenvalue weighted by molar-refractivity contribution is -0.135. The standard InChI is InChI=1S/C32H35N5O4/c1-23-19-26(28-9-5-6-10-29(28)34-23)22-41-27-13-11-25(12-14-27)31(38)33-20-30(32(39)35-40)37-17-15-36(16-18-37)21-24-7-3-2-4-8-24/h2-14,19,30,40H,15-18,20-22H2,1H3,(H,33,38)(H,35,39). The number of piperazine rings is 1. The van der Waals surface area contributed by atoms with E-state index < -0.39 is 11.9 Å². The molecule has 1 aliphatic rings. The Morgan fingerprint density at radius 3 is 2.39 bits per heavy atom. The van der Waals surface area contributed by atoms with E-state index in [4.69, 9.17) is 4.74 Å². The summed E-state index contributed by atoms with van der Waals surface area (Å²) in [5, 5.41) is 13.2. The number of rotatable bonds is 10. The van der Waals surface area contributed by atoms with E-state index in [1.165, 1.54) is 5.56 Å². The monoisotopic (exact) mass is 553 g/mol. The van der Waals surface area contributed by atoms with Gasteiger partial charge in [-0.2, -0.15) is 0 Å². The molecule has 1 aromatic heterocycles. The molecule has 3 aromatic carbocycles. The second-order valence-corrected chi connectivity index (χ2v) is 10.3. The number of para-hydroxylation sites is 1. The van der Waals surface area contributed by atoms with Gasteiger partial charge in [0.15, 0.2) is 0 Å². The molecule has 0 spiro atoms. The van der Waals surface area contributed by atoms with Crippen molar-refractivity contribution in [2.45, 2.75) is 26.1 Å². The normalized spacial score (nSPS) is 14.9. The number of hydrogen-bond acceptors (Lipinski definition) is 7. The highest BCUT2D eigenvalue weighted by Crippen LogP contribution is 2.21. The quantitative estimate of drug-likeness (QED) is 0.204. The minimum Gasteiger partial charge on any atom is -0.489 e. The molecule has 212 valence electrons. The van der Waals surface area contributed by atoms with E-state index in [2.05, 4.69) is 27.3 Å². The zero-order valence-corrected chi connectivity index (χ0v) is 23.1. The molecule has 1 unspecified atom stereocenters.